The van der Waals surface area contributed by atoms with E-state index < -0.39 is 17.7 Å². The highest BCUT2D eigenvalue weighted by Gasteiger charge is 2.39. The molecule has 0 saturated carbocycles. The summed E-state index contributed by atoms with van der Waals surface area (Å²) < 4.78 is 1.77. The van der Waals surface area contributed by atoms with Gasteiger partial charge < -0.3 is 10.2 Å². The van der Waals surface area contributed by atoms with Crippen LogP contribution in [0.5, 0.6) is 0 Å². The van der Waals surface area contributed by atoms with Crippen LogP contribution in [-0.2, 0) is 5.54 Å². The number of halogens is 1. The highest BCUT2D eigenvalue weighted by molar-refractivity contribution is 6.30. The molecule has 0 saturated heterocycles. The molecule has 3 rings (SSSR count). The zero-order chi connectivity index (χ0) is 18.9. The summed E-state index contributed by atoms with van der Waals surface area (Å²) in [5.74, 6) is 0. The van der Waals surface area contributed by atoms with E-state index in [0.29, 0.717) is 22.5 Å². The molecule has 0 aliphatic heterocycles. The summed E-state index contributed by atoms with van der Waals surface area (Å²) in [6.45, 7) is 3.71. The Morgan fingerprint density at radius 1 is 1.31 bits per heavy atom. The summed E-state index contributed by atoms with van der Waals surface area (Å²) in [6, 6.07) is 12.6. The predicted molar refractivity (Wildman–Crippen MR) is 102 cm³/mol. The Morgan fingerprint density at radius 3 is 2.58 bits per heavy atom. The van der Waals surface area contributed by atoms with Gasteiger partial charge in [-0.1, -0.05) is 36.7 Å². The van der Waals surface area contributed by atoms with Gasteiger partial charge >= 0.3 is 6.09 Å². The van der Waals surface area contributed by atoms with Crippen molar-refractivity contribution in [2.45, 2.75) is 31.9 Å². The van der Waals surface area contributed by atoms with E-state index >= 15 is 0 Å². The topological polar surface area (TPSA) is 87.4 Å². The third kappa shape index (κ3) is 2.91. The van der Waals surface area contributed by atoms with Crippen molar-refractivity contribution in [1.82, 2.24) is 9.78 Å². The molecule has 3 aromatic rings. The Balaban J connectivity index is 2.25. The van der Waals surface area contributed by atoms with Crippen molar-refractivity contribution in [1.29, 1.82) is 0 Å². The van der Waals surface area contributed by atoms with E-state index in [0.717, 1.165) is 11.1 Å². The van der Waals surface area contributed by atoms with Crippen molar-refractivity contribution in [3.05, 3.63) is 59.2 Å². The first-order chi connectivity index (χ1) is 12.4. The first-order valence-electron chi connectivity index (χ1n) is 8.31. The fourth-order valence-electron chi connectivity index (χ4n) is 3.52. The van der Waals surface area contributed by atoms with Gasteiger partial charge in [-0.05, 0) is 43.2 Å². The number of fused-ring (bicyclic) bond motifs is 1. The zero-order valence-electron chi connectivity index (χ0n) is 14.5. The van der Waals surface area contributed by atoms with Crippen molar-refractivity contribution in [2.75, 3.05) is 5.32 Å². The summed E-state index contributed by atoms with van der Waals surface area (Å²) in [5, 5.41) is 28.0. The molecule has 136 valence electrons. The summed E-state index contributed by atoms with van der Waals surface area (Å²) >= 11 is 6.02. The number of benzene rings is 2. The molecule has 0 spiro atoms. The molecule has 2 atom stereocenters. The van der Waals surface area contributed by atoms with Crippen LogP contribution >= 0.6 is 11.6 Å². The quantitative estimate of drug-likeness (QED) is 0.621. The maximum absolute atomic E-state index is 11.0. The molecule has 2 unspecified atom stereocenters. The fourth-order valence-corrected chi connectivity index (χ4v) is 3.65. The van der Waals surface area contributed by atoms with Gasteiger partial charge in [0.05, 0.1) is 23.5 Å². The molecular formula is C19H20ClN3O3. The van der Waals surface area contributed by atoms with Crippen LogP contribution in [0.2, 0.25) is 5.02 Å². The molecule has 0 fully saturated rings. The SMILES string of the molecule is CCC(c1ccc(Cl)cc1)(C(C)O)n1ncc2c(NC(=O)O)cccc21. The standard InChI is InChI=1S/C19H20ClN3O3/c1-3-19(12(2)24,13-7-9-14(20)10-8-13)23-17-6-4-5-16(22-18(25)26)15(17)11-21-23/h4-12,22,24H,3H2,1-2H3,(H,25,26). The Labute approximate surface area is 156 Å². The Bertz CT molecular complexity index is 937. The highest BCUT2D eigenvalue weighted by atomic mass is 35.5. The molecule has 2 aromatic carbocycles. The number of amides is 1. The Morgan fingerprint density at radius 2 is 2.00 bits per heavy atom. The maximum atomic E-state index is 11.0. The second-order valence-electron chi connectivity index (χ2n) is 6.19. The molecule has 6 nitrogen and oxygen atoms in total. The van der Waals surface area contributed by atoms with Gasteiger partial charge in [0, 0.05) is 10.4 Å². The van der Waals surface area contributed by atoms with E-state index in [4.69, 9.17) is 16.7 Å². The average molecular weight is 374 g/mol. The van der Waals surface area contributed by atoms with Gasteiger partial charge in [-0.15, -0.1) is 0 Å². The lowest BCUT2D eigenvalue weighted by atomic mass is 9.82. The van der Waals surface area contributed by atoms with E-state index in [9.17, 15) is 9.90 Å². The highest BCUT2D eigenvalue weighted by Crippen LogP contribution is 2.37. The summed E-state index contributed by atoms with van der Waals surface area (Å²) in [5.41, 5.74) is 1.25. The van der Waals surface area contributed by atoms with Crippen LogP contribution < -0.4 is 5.32 Å². The molecule has 3 N–H and O–H groups in total. The van der Waals surface area contributed by atoms with Gasteiger partial charge in [0.15, 0.2) is 0 Å². The third-order valence-corrected chi connectivity index (χ3v) is 5.06. The Kier molecular flexibility index (Phi) is 4.89. The predicted octanol–water partition coefficient (Wildman–Crippen LogP) is 4.31. The van der Waals surface area contributed by atoms with Crippen LogP contribution in [0.1, 0.15) is 25.8 Å². The van der Waals surface area contributed by atoms with Crippen LogP contribution in [0.25, 0.3) is 10.9 Å². The van der Waals surface area contributed by atoms with Crippen molar-refractivity contribution in [3.63, 3.8) is 0 Å². The van der Waals surface area contributed by atoms with Gasteiger partial charge in [-0.3, -0.25) is 10.00 Å². The van der Waals surface area contributed by atoms with E-state index in [1.807, 2.05) is 25.1 Å². The summed E-state index contributed by atoms with van der Waals surface area (Å²) in [6.07, 6.45) is 0.316. The molecule has 26 heavy (non-hydrogen) atoms. The second kappa shape index (κ2) is 6.97. The largest absolute Gasteiger partial charge is 0.465 e. The molecule has 0 radical (unpaired) electrons. The summed E-state index contributed by atoms with van der Waals surface area (Å²) in [4.78, 5) is 11.0. The molecular weight excluding hydrogens is 354 g/mol. The number of nitrogens with one attached hydrogen (secondary N) is 1. The molecule has 0 bridgehead atoms. The third-order valence-electron chi connectivity index (χ3n) is 4.81. The van der Waals surface area contributed by atoms with Gasteiger partial charge in [0.2, 0.25) is 0 Å². The molecule has 1 aromatic heterocycles. The number of hydrogen-bond acceptors (Lipinski definition) is 3. The van der Waals surface area contributed by atoms with E-state index in [2.05, 4.69) is 10.4 Å². The van der Waals surface area contributed by atoms with E-state index in [1.54, 1.807) is 42.1 Å². The van der Waals surface area contributed by atoms with E-state index in [1.165, 1.54) is 0 Å². The lowest BCUT2D eigenvalue weighted by molar-refractivity contribution is 0.0669. The van der Waals surface area contributed by atoms with Crippen LogP contribution in [-0.4, -0.2) is 32.2 Å². The Hall–Kier alpha value is -2.57. The van der Waals surface area contributed by atoms with Crippen LogP contribution in [0.3, 0.4) is 0 Å². The number of hydrogen-bond donors (Lipinski definition) is 3. The summed E-state index contributed by atoms with van der Waals surface area (Å²) in [7, 11) is 0. The molecule has 0 aliphatic carbocycles. The first kappa shape index (κ1) is 18.2. The number of carboxylic acid groups (broad SMARTS) is 1. The lowest BCUT2D eigenvalue weighted by Gasteiger charge is -2.37. The smallest absolute Gasteiger partial charge is 0.409 e. The van der Waals surface area contributed by atoms with Gasteiger partial charge in [-0.2, -0.15) is 5.10 Å². The van der Waals surface area contributed by atoms with Gasteiger partial charge in [-0.25, -0.2) is 4.79 Å². The van der Waals surface area contributed by atoms with Crippen LogP contribution in [0.15, 0.2) is 48.7 Å². The lowest BCUT2D eigenvalue weighted by Crippen LogP contribution is -2.44. The van der Waals surface area contributed by atoms with Crippen molar-refractivity contribution in [2.24, 2.45) is 0 Å². The van der Waals surface area contributed by atoms with Crippen LogP contribution in [0.4, 0.5) is 10.5 Å². The minimum absolute atomic E-state index is 0.452. The first-order valence-corrected chi connectivity index (χ1v) is 8.69. The molecule has 0 aliphatic rings. The number of aromatic nitrogens is 2. The van der Waals surface area contributed by atoms with Gasteiger partial charge in [0.25, 0.3) is 0 Å². The molecule has 1 amide bonds. The van der Waals surface area contributed by atoms with Crippen molar-refractivity contribution < 1.29 is 15.0 Å². The number of aliphatic hydroxyl groups excluding tert-OH is 1. The van der Waals surface area contributed by atoms with Crippen LogP contribution in [0, 0.1) is 0 Å². The molecule has 1 heterocycles. The van der Waals surface area contributed by atoms with Gasteiger partial charge in [0.1, 0.15) is 5.54 Å². The number of carbonyl (C=O) groups is 1. The fraction of sp³-hybridized carbons (Fsp3) is 0.263. The zero-order valence-corrected chi connectivity index (χ0v) is 15.2. The maximum Gasteiger partial charge on any atom is 0.409 e. The minimum Gasteiger partial charge on any atom is -0.465 e. The number of anilines is 1. The monoisotopic (exact) mass is 373 g/mol. The second-order valence-corrected chi connectivity index (χ2v) is 6.62. The van der Waals surface area contributed by atoms with Crippen molar-refractivity contribution >= 4 is 34.3 Å². The normalized spacial score (nSPS) is 14.8. The average Bonchev–Trinajstić information content (AvgIpc) is 3.02. The number of aliphatic hydroxyl groups is 1. The van der Waals surface area contributed by atoms with E-state index in [-0.39, 0.29) is 0 Å². The molecule has 7 heteroatoms. The number of rotatable bonds is 5. The van der Waals surface area contributed by atoms with Crippen molar-refractivity contribution in [3.8, 4) is 0 Å². The number of nitrogens with zero attached hydrogens (tertiary/aromatic N) is 2. The minimum atomic E-state index is -1.14.